The Morgan fingerprint density at radius 3 is 2.33 bits per heavy atom. The highest BCUT2D eigenvalue weighted by atomic mass is 16.5. The number of nitrogens with one attached hydrogen (secondary N) is 2. The van der Waals surface area contributed by atoms with E-state index in [1.807, 2.05) is 24.4 Å². The van der Waals surface area contributed by atoms with Gasteiger partial charge in [-0.05, 0) is 136 Å². The fraction of sp³-hybridized carbons (Fsp3) is 0.696. The zero-order valence-electron chi connectivity index (χ0n) is 34.1. The fourth-order valence-corrected chi connectivity index (χ4v) is 13.9. The van der Waals surface area contributed by atoms with Gasteiger partial charge in [-0.25, -0.2) is 4.98 Å². The predicted octanol–water partition coefficient (Wildman–Crippen LogP) is 9.76. The maximum atomic E-state index is 14.6. The number of hydrogen-bond donors (Lipinski definition) is 3. The van der Waals surface area contributed by atoms with Gasteiger partial charge < -0.3 is 20.1 Å². The molecule has 5 saturated carbocycles. The Morgan fingerprint density at radius 1 is 0.926 bits per heavy atom. The highest BCUT2D eigenvalue weighted by molar-refractivity contribution is 5.84. The number of amides is 1. The molecular weight excluding hydrogens is 675 g/mol. The third-order valence-electron chi connectivity index (χ3n) is 17.0. The fourth-order valence-electron chi connectivity index (χ4n) is 13.9. The minimum atomic E-state index is -1.15. The molecule has 0 saturated heterocycles. The van der Waals surface area contributed by atoms with E-state index in [1.165, 1.54) is 5.57 Å². The molecule has 54 heavy (non-hydrogen) atoms. The number of H-pyrrole nitrogens is 1. The summed E-state index contributed by atoms with van der Waals surface area (Å²) in [7, 11) is 0. The van der Waals surface area contributed by atoms with E-state index in [0.717, 1.165) is 81.3 Å². The molecule has 8 nitrogen and oxygen atoms in total. The number of rotatable bonds is 9. The van der Waals surface area contributed by atoms with Gasteiger partial charge in [-0.2, -0.15) is 0 Å². The summed E-state index contributed by atoms with van der Waals surface area (Å²) in [4.78, 5) is 47.6. The lowest BCUT2D eigenvalue weighted by Gasteiger charge is -2.72. The van der Waals surface area contributed by atoms with Gasteiger partial charge >= 0.3 is 11.9 Å². The lowest BCUT2D eigenvalue weighted by molar-refractivity contribution is -0.249. The Labute approximate surface area is 323 Å². The number of hydrogen-bond acceptors (Lipinski definition) is 5. The van der Waals surface area contributed by atoms with E-state index >= 15 is 0 Å². The number of esters is 1. The van der Waals surface area contributed by atoms with Crippen LogP contribution in [0.2, 0.25) is 0 Å². The molecule has 1 aromatic heterocycles. The molecule has 2 aromatic rings. The van der Waals surface area contributed by atoms with Crippen LogP contribution in [0.5, 0.6) is 0 Å². The molecule has 3 N–H and O–H groups in total. The molecule has 1 heterocycles. The van der Waals surface area contributed by atoms with Crippen LogP contribution in [0.15, 0.2) is 48.7 Å². The van der Waals surface area contributed by atoms with Crippen molar-refractivity contribution >= 4 is 17.8 Å². The van der Waals surface area contributed by atoms with Crippen LogP contribution in [0.25, 0.3) is 11.3 Å². The topological polar surface area (TPSA) is 121 Å². The Kier molecular flexibility index (Phi) is 9.61. The number of carboxylic acid groups (broad SMARTS) is 1. The molecule has 0 spiro atoms. The van der Waals surface area contributed by atoms with Crippen molar-refractivity contribution in [2.24, 2.45) is 62.1 Å². The number of aromatic nitrogens is 2. The monoisotopic (exact) mass is 739 g/mol. The quantitative estimate of drug-likeness (QED) is 0.174. The standard InChI is InChI=1S/C46H65N3O5/c1-28(2)30-17-22-46(39(51)48-27-36-47-26-32(49-36)29-13-11-10-12-14-29)24-23-44(8)31(38(30)46)15-16-34-43(7)20-19-35(54-37(50)25-41(3,4)40(52)53)42(5,6)33(43)18-21-45(34,44)9/h10-14,26,30-31,33-35,38H,1,15-25,27H2,2-9H3,(H,47,49)(H,48,51)(H,52,53)/t30-,31+,33-,34+,35-,38+,43-,44+,45+,46-/m0/s1. The van der Waals surface area contributed by atoms with E-state index in [-0.39, 0.29) is 46.0 Å². The summed E-state index contributed by atoms with van der Waals surface area (Å²) in [5, 5.41) is 13.0. The van der Waals surface area contributed by atoms with Gasteiger partial charge in [0, 0.05) is 5.41 Å². The number of carbonyl (C=O) groups is 3. The summed E-state index contributed by atoms with van der Waals surface area (Å²) in [6.45, 7) is 22.6. The van der Waals surface area contributed by atoms with Crippen molar-refractivity contribution in [2.75, 3.05) is 0 Å². The number of carbonyl (C=O) groups excluding carboxylic acids is 2. The van der Waals surface area contributed by atoms with Crippen molar-refractivity contribution < 1.29 is 24.2 Å². The van der Waals surface area contributed by atoms with Gasteiger partial charge in [0.05, 0.1) is 35.7 Å². The third-order valence-corrected chi connectivity index (χ3v) is 17.0. The molecule has 5 aliphatic carbocycles. The van der Waals surface area contributed by atoms with E-state index in [2.05, 4.69) is 75.5 Å². The van der Waals surface area contributed by atoms with Crippen molar-refractivity contribution in [3.05, 3.63) is 54.5 Å². The minimum Gasteiger partial charge on any atom is -0.481 e. The number of carboxylic acids is 1. The SMILES string of the molecule is C=C(C)[C@@H]1CC[C@]2(C(=O)NCc3ncc(-c4ccccc4)[nH]3)CC[C@]3(C)[C@H](CC[C@@H]4[C@@]5(C)CC[C@H](OC(=O)CC(C)(C)C(=O)O)C(C)(C)[C@@H]5CC[C@]43C)[C@@H]12. The predicted molar refractivity (Wildman–Crippen MR) is 211 cm³/mol. The highest BCUT2D eigenvalue weighted by Crippen LogP contribution is 2.77. The summed E-state index contributed by atoms with van der Waals surface area (Å²) < 4.78 is 6.18. The number of fused-ring (bicyclic) bond motifs is 7. The van der Waals surface area contributed by atoms with E-state index in [1.54, 1.807) is 13.8 Å². The molecule has 0 bridgehead atoms. The number of aliphatic carboxylic acids is 1. The van der Waals surface area contributed by atoms with Gasteiger partial charge in [0.25, 0.3) is 0 Å². The first kappa shape index (κ1) is 38.8. The first-order chi connectivity index (χ1) is 25.3. The minimum absolute atomic E-state index is 0.0951. The van der Waals surface area contributed by atoms with Crippen LogP contribution in [0, 0.1) is 62.1 Å². The second-order valence-electron chi connectivity index (χ2n) is 20.3. The van der Waals surface area contributed by atoms with Gasteiger partial charge in [-0.15, -0.1) is 0 Å². The Balaban J connectivity index is 1.11. The Hall–Kier alpha value is -3.42. The molecule has 1 aromatic carbocycles. The number of nitrogens with zero attached hydrogens (tertiary/aromatic N) is 1. The average Bonchev–Trinajstić information content (AvgIpc) is 3.75. The molecule has 0 aliphatic heterocycles. The largest absolute Gasteiger partial charge is 0.481 e. The van der Waals surface area contributed by atoms with E-state index < -0.39 is 22.8 Å². The van der Waals surface area contributed by atoms with Crippen molar-refractivity contribution in [1.82, 2.24) is 15.3 Å². The van der Waals surface area contributed by atoms with Crippen LogP contribution in [0.1, 0.15) is 132 Å². The van der Waals surface area contributed by atoms with Crippen LogP contribution in [0.3, 0.4) is 0 Å². The number of imidazole rings is 1. The molecule has 5 fully saturated rings. The number of ether oxygens (including phenoxy) is 1. The van der Waals surface area contributed by atoms with Crippen LogP contribution in [-0.2, 0) is 25.7 Å². The summed E-state index contributed by atoms with van der Waals surface area (Å²) in [5.41, 5.74) is 1.81. The average molecular weight is 740 g/mol. The first-order valence-corrected chi connectivity index (χ1v) is 20.8. The Morgan fingerprint density at radius 2 is 1.65 bits per heavy atom. The summed E-state index contributed by atoms with van der Waals surface area (Å²) in [6.07, 6.45) is 11.7. The van der Waals surface area contributed by atoms with Gasteiger partial charge in [-0.1, -0.05) is 77.1 Å². The van der Waals surface area contributed by atoms with E-state index in [9.17, 15) is 19.5 Å². The van der Waals surface area contributed by atoms with Crippen molar-refractivity contribution in [3.8, 4) is 11.3 Å². The Bertz CT molecular complexity index is 1800. The molecule has 0 unspecified atom stereocenters. The molecule has 5 aliphatic rings. The second kappa shape index (κ2) is 13.4. The van der Waals surface area contributed by atoms with Crippen LogP contribution in [-0.4, -0.2) is 39.0 Å². The van der Waals surface area contributed by atoms with Crippen LogP contribution >= 0.6 is 0 Å². The summed E-state index contributed by atoms with van der Waals surface area (Å²) >= 11 is 0. The van der Waals surface area contributed by atoms with Gasteiger partial charge in [0.15, 0.2) is 0 Å². The third kappa shape index (κ3) is 5.90. The molecular formula is C46H65N3O5. The van der Waals surface area contributed by atoms with Gasteiger partial charge in [-0.3, -0.25) is 14.4 Å². The molecule has 8 heteroatoms. The van der Waals surface area contributed by atoms with E-state index in [4.69, 9.17) is 4.74 Å². The molecule has 10 atom stereocenters. The maximum absolute atomic E-state index is 14.6. The van der Waals surface area contributed by atoms with Crippen molar-refractivity contribution in [3.63, 3.8) is 0 Å². The molecule has 0 radical (unpaired) electrons. The van der Waals surface area contributed by atoms with Gasteiger partial charge in [0.2, 0.25) is 5.91 Å². The van der Waals surface area contributed by atoms with Gasteiger partial charge in [0.1, 0.15) is 11.9 Å². The van der Waals surface area contributed by atoms with Crippen LogP contribution in [0.4, 0.5) is 0 Å². The maximum Gasteiger partial charge on any atom is 0.309 e. The second-order valence-corrected chi connectivity index (χ2v) is 20.3. The van der Waals surface area contributed by atoms with Crippen LogP contribution < -0.4 is 5.32 Å². The zero-order valence-corrected chi connectivity index (χ0v) is 34.1. The number of allylic oxidation sites excluding steroid dienone is 1. The molecule has 7 rings (SSSR count). The molecule has 294 valence electrons. The number of benzene rings is 1. The smallest absolute Gasteiger partial charge is 0.309 e. The lowest BCUT2D eigenvalue weighted by atomic mass is 9.32. The lowest BCUT2D eigenvalue weighted by Crippen LogP contribution is -2.67. The zero-order chi connectivity index (χ0) is 39.1. The first-order valence-electron chi connectivity index (χ1n) is 20.8. The van der Waals surface area contributed by atoms with E-state index in [0.29, 0.717) is 30.2 Å². The highest BCUT2D eigenvalue weighted by Gasteiger charge is 2.72. The molecule has 1 amide bonds. The summed E-state index contributed by atoms with van der Waals surface area (Å²) in [5.74, 6) is 1.58. The number of aromatic amines is 1. The van der Waals surface area contributed by atoms with Crippen molar-refractivity contribution in [1.29, 1.82) is 0 Å². The summed E-state index contributed by atoms with van der Waals surface area (Å²) in [6, 6.07) is 10.2. The van der Waals surface area contributed by atoms with Crippen molar-refractivity contribution in [2.45, 2.75) is 139 Å². The normalized spacial score (nSPS) is 38.2.